The second kappa shape index (κ2) is 5.79. The van der Waals surface area contributed by atoms with Crippen molar-refractivity contribution in [2.24, 2.45) is 0 Å². The van der Waals surface area contributed by atoms with Gasteiger partial charge in [-0.2, -0.15) is 0 Å². The fraction of sp³-hybridized carbons (Fsp3) is 0.333. The number of nitrogens with one attached hydrogen (secondary N) is 2. The van der Waals surface area contributed by atoms with E-state index in [1.807, 2.05) is 0 Å². The molecule has 0 saturated carbocycles. The van der Waals surface area contributed by atoms with Gasteiger partial charge in [-0.1, -0.05) is 6.92 Å². The first-order valence-corrected chi connectivity index (χ1v) is 6.62. The maximum atomic E-state index is 10.8. The van der Waals surface area contributed by atoms with Gasteiger partial charge in [-0.15, -0.1) is 11.3 Å². The van der Waals surface area contributed by atoms with E-state index in [0.717, 1.165) is 17.1 Å². The monoisotopic (exact) mass is 265 g/mol. The molecule has 3 N–H and O–H groups in total. The van der Waals surface area contributed by atoms with Gasteiger partial charge in [0.2, 0.25) is 0 Å². The van der Waals surface area contributed by atoms with E-state index < -0.39 is 5.97 Å². The molecular weight excluding hydrogens is 250 g/mol. The number of thiophene rings is 1. The van der Waals surface area contributed by atoms with Crippen LogP contribution in [0.15, 0.2) is 23.8 Å². The lowest BCUT2D eigenvalue weighted by Crippen LogP contribution is -2.20. The number of H-pyrrole nitrogens is 1. The standard InChI is InChI=1S/C12H15N3O2S/c1-2-10(11-13-3-4-14-11)15-6-9-5-8(7-18-9)12(16)17/h3-5,7,10,15H,2,6H2,1H3,(H,13,14)(H,16,17). The van der Waals surface area contributed by atoms with Crippen LogP contribution >= 0.6 is 11.3 Å². The smallest absolute Gasteiger partial charge is 0.336 e. The predicted octanol–water partition coefficient (Wildman–Crippen LogP) is 2.41. The molecule has 0 aliphatic heterocycles. The molecule has 2 heterocycles. The highest BCUT2D eigenvalue weighted by Gasteiger charge is 2.12. The fourth-order valence-electron chi connectivity index (χ4n) is 1.71. The minimum atomic E-state index is -0.879. The van der Waals surface area contributed by atoms with E-state index in [4.69, 9.17) is 5.11 Å². The van der Waals surface area contributed by atoms with Crippen LogP contribution in [0.4, 0.5) is 0 Å². The minimum Gasteiger partial charge on any atom is -0.478 e. The Bertz CT molecular complexity index is 507. The van der Waals surface area contributed by atoms with Crippen LogP contribution < -0.4 is 5.32 Å². The van der Waals surface area contributed by atoms with Crippen molar-refractivity contribution in [1.82, 2.24) is 15.3 Å². The number of hydrogen-bond acceptors (Lipinski definition) is 4. The zero-order valence-electron chi connectivity index (χ0n) is 10.0. The minimum absolute atomic E-state index is 0.162. The molecule has 0 spiro atoms. The second-order valence-corrected chi connectivity index (χ2v) is 4.92. The Labute approximate surface area is 109 Å². The molecule has 0 bridgehead atoms. The molecule has 1 atom stereocenters. The van der Waals surface area contributed by atoms with Gasteiger partial charge in [0.05, 0.1) is 11.6 Å². The van der Waals surface area contributed by atoms with Crippen LogP contribution in [0, 0.1) is 0 Å². The first kappa shape index (κ1) is 12.8. The van der Waals surface area contributed by atoms with Crippen LogP contribution in [-0.2, 0) is 6.54 Å². The summed E-state index contributed by atoms with van der Waals surface area (Å²) in [5.41, 5.74) is 0.350. The highest BCUT2D eigenvalue weighted by atomic mass is 32.1. The summed E-state index contributed by atoms with van der Waals surface area (Å²) in [6.07, 6.45) is 4.45. The summed E-state index contributed by atoms with van der Waals surface area (Å²) in [6.45, 7) is 2.73. The summed E-state index contributed by atoms with van der Waals surface area (Å²) in [5.74, 6) is 0.0306. The van der Waals surface area contributed by atoms with Gasteiger partial charge in [-0.3, -0.25) is 0 Å². The lowest BCUT2D eigenvalue weighted by atomic mass is 10.2. The second-order valence-electron chi connectivity index (χ2n) is 3.92. The van der Waals surface area contributed by atoms with Crippen LogP contribution in [0.2, 0.25) is 0 Å². The van der Waals surface area contributed by atoms with E-state index in [1.54, 1.807) is 23.8 Å². The third-order valence-corrected chi connectivity index (χ3v) is 3.62. The quantitative estimate of drug-likeness (QED) is 0.749. The Hall–Kier alpha value is -1.66. The molecule has 0 radical (unpaired) electrons. The Morgan fingerprint density at radius 2 is 2.50 bits per heavy atom. The van der Waals surface area contributed by atoms with Gasteiger partial charge in [0, 0.05) is 29.2 Å². The van der Waals surface area contributed by atoms with E-state index >= 15 is 0 Å². The number of aromatic carboxylic acids is 1. The highest BCUT2D eigenvalue weighted by molar-refractivity contribution is 7.10. The van der Waals surface area contributed by atoms with Gasteiger partial charge in [-0.05, 0) is 12.5 Å². The Kier molecular flexibility index (Phi) is 4.11. The average molecular weight is 265 g/mol. The van der Waals surface area contributed by atoms with Gasteiger partial charge >= 0.3 is 5.97 Å². The summed E-state index contributed by atoms with van der Waals surface area (Å²) in [6, 6.07) is 1.87. The van der Waals surface area contributed by atoms with Crippen LogP contribution in [0.5, 0.6) is 0 Å². The largest absolute Gasteiger partial charge is 0.478 e. The number of aromatic amines is 1. The third-order valence-electron chi connectivity index (χ3n) is 2.68. The Balaban J connectivity index is 1.95. The number of rotatable bonds is 6. The van der Waals surface area contributed by atoms with Crippen molar-refractivity contribution < 1.29 is 9.90 Å². The molecule has 2 aromatic heterocycles. The maximum Gasteiger partial charge on any atom is 0.336 e. The summed E-state index contributed by atoms with van der Waals surface area (Å²) in [7, 11) is 0. The molecule has 18 heavy (non-hydrogen) atoms. The molecule has 0 aliphatic carbocycles. The number of carbonyl (C=O) groups is 1. The third kappa shape index (κ3) is 2.96. The van der Waals surface area contributed by atoms with Gasteiger partial charge < -0.3 is 15.4 Å². The topological polar surface area (TPSA) is 78.0 Å². The van der Waals surface area contributed by atoms with Gasteiger partial charge in [-0.25, -0.2) is 9.78 Å². The van der Waals surface area contributed by atoms with E-state index in [2.05, 4.69) is 22.2 Å². The number of carboxylic acids is 1. The number of nitrogens with zero attached hydrogens (tertiary/aromatic N) is 1. The van der Waals surface area contributed by atoms with Crippen molar-refractivity contribution in [2.45, 2.75) is 25.9 Å². The first-order valence-electron chi connectivity index (χ1n) is 5.74. The first-order chi connectivity index (χ1) is 8.70. The lowest BCUT2D eigenvalue weighted by molar-refractivity contribution is 0.0697. The van der Waals surface area contributed by atoms with Crippen molar-refractivity contribution in [3.8, 4) is 0 Å². The number of carboxylic acid groups (broad SMARTS) is 1. The molecule has 2 aromatic rings. The molecule has 0 amide bonds. The average Bonchev–Trinajstić information content (AvgIpc) is 3.00. The van der Waals surface area contributed by atoms with E-state index in [9.17, 15) is 4.79 Å². The molecule has 96 valence electrons. The van der Waals surface area contributed by atoms with Crippen LogP contribution in [-0.4, -0.2) is 21.0 Å². The number of aromatic nitrogens is 2. The molecule has 0 saturated heterocycles. The maximum absolute atomic E-state index is 10.8. The molecule has 0 aliphatic rings. The summed E-state index contributed by atoms with van der Waals surface area (Å²) < 4.78 is 0. The van der Waals surface area contributed by atoms with Crippen LogP contribution in [0.3, 0.4) is 0 Å². The molecule has 2 rings (SSSR count). The lowest BCUT2D eigenvalue weighted by Gasteiger charge is -2.13. The van der Waals surface area contributed by atoms with Crippen molar-refractivity contribution in [2.75, 3.05) is 0 Å². The predicted molar refractivity (Wildman–Crippen MR) is 69.7 cm³/mol. The molecule has 5 nitrogen and oxygen atoms in total. The number of imidazole rings is 1. The van der Waals surface area contributed by atoms with Gasteiger partial charge in [0.15, 0.2) is 0 Å². The van der Waals surface area contributed by atoms with Crippen LogP contribution in [0.1, 0.15) is 40.4 Å². The Morgan fingerprint density at radius 1 is 1.67 bits per heavy atom. The Morgan fingerprint density at radius 3 is 3.06 bits per heavy atom. The van der Waals surface area contributed by atoms with Crippen LogP contribution in [0.25, 0.3) is 0 Å². The van der Waals surface area contributed by atoms with Crippen molar-refractivity contribution in [3.05, 3.63) is 40.1 Å². The van der Waals surface area contributed by atoms with E-state index in [-0.39, 0.29) is 6.04 Å². The van der Waals surface area contributed by atoms with E-state index in [1.165, 1.54) is 11.3 Å². The van der Waals surface area contributed by atoms with Gasteiger partial charge in [0.25, 0.3) is 0 Å². The van der Waals surface area contributed by atoms with Crippen molar-refractivity contribution in [1.29, 1.82) is 0 Å². The molecule has 6 heteroatoms. The van der Waals surface area contributed by atoms with Crippen molar-refractivity contribution >= 4 is 17.3 Å². The summed E-state index contributed by atoms with van der Waals surface area (Å²) in [4.78, 5) is 19.1. The van der Waals surface area contributed by atoms with E-state index in [0.29, 0.717) is 12.1 Å². The summed E-state index contributed by atoms with van der Waals surface area (Å²) in [5, 5.41) is 13.9. The zero-order chi connectivity index (χ0) is 13.0. The molecular formula is C12H15N3O2S. The molecule has 0 aromatic carbocycles. The fourth-order valence-corrected chi connectivity index (χ4v) is 2.52. The highest BCUT2D eigenvalue weighted by Crippen LogP contribution is 2.17. The molecule has 1 unspecified atom stereocenters. The summed E-state index contributed by atoms with van der Waals surface area (Å²) >= 11 is 1.45. The van der Waals surface area contributed by atoms with Crippen molar-refractivity contribution in [3.63, 3.8) is 0 Å². The number of hydrogen-bond donors (Lipinski definition) is 3. The molecule has 0 fully saturated rings. The SMILES string of the molecule is CCC(NCc1cc(C(=O)O)cs1)c1ncc[nH]1. The van der Waals surface area contributed by atoms with Gasteiger partial charge in [0.1, 0.15) is 5.82 Å². The normalized spacial score (nSPS) is 12.5. The zero-order valence-corrected chi connectivity index (χ0v) is 10.8.